The van der Waals surface area contributed by atoms with Crippen molar-refractivity contribution < 1.29 is 4.74 Å². The average molecular weight is 171 g/mol. The quantitative estimate of drug-likeness (QED) is 0.643. The van der Waals surface area contributed by atoms with E-state index in [0.717, 1.165) is 6.54 Å². The molecule has 1 aliphatic carbocycles. The highest BCUT2D eigenvalue weighted by atomic mass is 16.5. The van der Waals surface area contributed by atoms with Gasteiger partial charge in [0, 0.05) is 13.7 Å². The molecule has 0 aromatic heterocycles. The molecule has 72 valence electrons. The van der Waals surface area contributed by atoms with Gasteiger partial charge in [-0.3, -0.25) is 0 Å². The summed E-state index contributed by atoms with van der Waals surface area (Å²) >= 11 is 0. The van der Waals surface area contributed by atoms with Crippen molar-refractivity contribution in [2.75, 3.05) is 27.7 Å². The Kier molecular flexibility index (Phi) is 3.53. The Morgan fingerprint density at radius 3 is 2.17 bits per heavy atom. The second-order valence-electron chi connectivity index (χ2n) is 4.19. The first kappa shape index (κ1) is 10.0. The molecule has 0 bridgehead atoms. The molecule has 0 spiro atoms. The Hall–Kier alpha value is -0.0800. The SMILES string of the molecule is COC1(CN(C)C)CCCCC1. The van der Waals surface area contributed by atoms with Crippen LogP contribution >= 0.6 is 0 Å². The van der Waals surface area contributed by atoms with Crippen LogP contribution < -0.4 is 0 Å². The molecule has 1 rings (SSSR count). The highest BCUT2D eigenvalue weighted by Crippen LogP contribution is 2.31. The molecule has 1 fully saturated rings. The lowest BCUT2D eigenvalue weighted by Gasteiger charge is -2.38. The minimum Gasteiger partial charge on any atom is -0.377 e. The van der Waals surface area contributed by atoms with Crippen LogP contribution in [0, 0.1) is 0 Å². The van der Waals surface area contributed by atoms with Gasteiger partial charge in [0.2, 0.25) is 0 Å². The maximum atomic E-state index is 5.65. The van der Waals surface area contributed by atoms with Crippen molar-refractivity contribution in [1.82, 2.24) is 4.90 Å². The Morgan fingerprint density at radius 1 is 1.17 bits per heavy atom. The topological polar surface area (TPSA) is 12.5 Å². The summed E-state index contributed by atoms with van der Waals surface area (Å²) in [5.74, 6) is 0. The smallest absolute Gasteiger partial charge is 0.0804 e. The van der Waals surface area contributed by atoms with Crippen molar-refractivity contribution in [3.05, 3.63) is 0 Å². The summed E-state index contributed by atoms with van der Waals surface area (Å²) in [4.78, 5) is 2.23. The fourth-order valence-corrected chi connectivity index (χ4v) is 2.20. The summed E-state index contributed by atoms with van der Waals surface area (Å²) in [6, 6.07) is 0. The average Bonchev–Trinajstić information content (AvgIpc) is 2.05. The van der Waals surface area contributed by atoms with Gasteiger partial charge in [-0.15, -0.1) is 0 Å². The van der Waals surface area contributed by atoms with Crippen LogP contribution in [0.1, 0.15) is 32.1 Å². The van der Waals surface area contributed by atoms with Crippen molar-refractivity contribution in [3.8, 4) is 0 Å². The number of hydrogen-bond acceptors (Lipinski definition) is 2. The standard InChI is InChI=1S/C10H21NO/c1-11(2)9-10(12-3)7-5-4-6-8-10/h4-9H2,1-3H3. The lowest BCUT2D eigenvalue weighted by Crippen LogP contribution is -2.43. The van der Waals surface area contributed by atoms with Gasteiger partial charge in [-0.05, 0) is 26.9 Å². The first-order chi connectivity index (χ1) is 5.68. The fourth-order valence-electron chi connectivity index (χ4n) is 2.20. The molecule has 0 atom stereocenters. The van der Waals surface area contributed by atoms with Gasteiger partial charge in [-0.2, -0.15) is 0 Å². The monoisotopic (exact) mass is 171 g/mol. The molecule has 12 heavy (non-hydrogen) atoms. The van der Waals surface area contributed by atoms with E-state index < -0.39 is 0 Å². The second-order valence-corrected chi connectivity index (χ2v) is 4.19. The molecule has 2 heteroatoms. The van der Waals surface area contributed by atoms with E-state index in [1.807, 2.05) is 7.11 Å². The third kappa shape index (κ3) is 2.46. The number of likely N-dealkylation sites (N-methyl/N-ethyl adjacent to an activating group) is 1. The minimum atomic E-state index is 0.168. The minimum absolute atomic E-state index is 0.168. The van der Waals surface area contributed by atoms with E-state index in [1.165, 1.54) is 32.1 Å². The third-order valence-electron chi connectivity index (χ3n) is 2.80. The van der Waals surface area contributed by atoms with E-state index in [0.29, 0.717) is 0 Å². The van der Waals surface area contributed by atoms with Crippen LogP contribution in [-0.4, -0.2) is 38.3 Å². The van der Waals surface area contributed by atoms with Crippen LogP contribution in [0.4, 0.5) is 0 Å². The zero-order chi connectivity index (χ0) is 9.03. The predicted octanol–water partition coefficient (Wildman–Crippen LogP) is 1.90. The molecule has 0 saturated heterocycles. The highest BCUT2D eigenvalue weighted by molar-refractivity contribution is 4.85. The van der Waals surface area contributed by atoms with E-state index in [1.54, 1.807) is 0 Å². The fraction of sp³-hybridized carbons (Fsp3) is 1.00. The van der Waals surface area contributed by atoms with Crippen molar-refractivity contribution in [3.63, 3.8) is 0 Å². The van der Waals surface area contributed by atoms with Gasteiger partial charge in [0.1, 0.15) is 0 Å². The Labute approximate surface area is 75.9 Å². The van der Waals surface area contributed by atoms with Gasteiger partial charge in [0.15, 0.2) is 0 Å². The Balaban J connectivity index is 2.48. The molecular weight excluding hydrogens is 150 g/mol. The molecule has 0 N–H and O–H groups in total. The normalized spacial score (nSPS) is 23.0. The molecular formula is C10H21NO. The summed E-state index contributed by atoms with van der Waals surface area (Å²) in [7, 11) is 6.10. The second kappa shape index (κ2) is 4.24. The van der Waals surface area contributed by atoms with E-state index in [2.05, 4.69) is 19.0 Å². The number of ether oxygens (including phenoxy) is 1. The van der Waals surface area contributed by atoms with Crippen LogP contribution in [0.3, 0.4) is 0 Å². The van der Waals surface area contributed by atoms with Crippen LogP contribution in [0.15, 0.2) is 0 Å². The summed E-state index contributed by atoms with van der Waals surface area (Å²) in [5, 5.41) is 0. The molecule has 0 heterocycles. The van der Waals surface area contributed by atoms with E-state index in [4.69, 9.17) is 4.74 Å². The lowest BCUT2D eigenvalue weighted by atomic mass is 9.84. The highest BCUT2D eigenvalue weighted by Gasteiger charge is 2.31. The third-order valence-corrected chi connectivity index (χ3v) is 2.80. The Bertz CT molecular complexity index is 128. The van der Waals surface area contributed by atoms with Gasteiger partial charge >= 0.3 is 0 Å². The van der Waals surface area contributed by atoms with Crippen LogP contribution in [0.5, 0.6) is 0 Å². The van der Waals surface area contributed by atoms with E-state index >= 15 is 0 Å². The molecule has 0 unspecified atom stereocenters. The van der Waals surface area contributed by atoms with Crippen molar-refractivity contribution >= 4 is 0 Å². The summed E-state index contributed by atoms with van der Waals surface area (Å²) in [6.07, 6.45) is 6.53. The first-order valence-corrected chi connectivity index (χ1v) is 4.88. The van der Waals surface area contributed by atoms with Gasteiger partial charge in [-0.25, -0.2) is 0 Å². The zero-order valence-corrected chi connectivity index (χ0v) is 8.60. The Morgan fingerprint density at radius 2 is 1.75 bits per heavy atom. The van der Waals surface area contributed by atoms with Crippen molar-refractivity contribution in [1.29, 1.82) is 0 Å². The molecule has 0 aromatic rings. The number of nitrogens with zero attached hydrogens (tertiary/aromatic N) is 1. The molecule has 1 aliphatic rings. The largest absolute Gasteiger partial charge is 0.377 e. The van der Waals surface area contributed by atoms with Crippen LogP contribution in [0.25, 0.3) is 0 Å². The van der Waals surface area contributed by atoms with Gasteiger partial charge in [0.05, 0.1) is 5.60 Å². The van der Waals surface area contributed by atoms with Crippen molar-refractivity contribution in [2.24, 2.45) is 0 Å². The first-order valence-electron chi connectivity index (χ1n) is 4.88. The molecule has 0 amide bonds. The van der Waals surface area contributed by atoms with Gasteiger partial charge in [0.25, 0.3) is 0 Å². The van der Waals surface area contributed by atoms with Gasteiger partial charge in [-0.1, -0.05) is 19.3 Å². The molecule has 0 aromatic carbocycles. The predicted molar refractivity (Wildman–Crippen MR) is 51.4 cm³/mol. The zero-order valence-electron chi connectivity index (χ0n) is 8.60. The van der Waals surface area contributed by atoms with E-state index in [-0.39, 0.29) is 5.60 Å². The number of hydrogen-bond donors (Lipinski definition) is 0. The summed E-state index contributed by atoms with van der Waals surface area (Å²) < 4.78 is 5.65. The van der Waals surface area contributed by atoms with Gasteiger partial charge < -0.3 is 9.64 Å². The maximum Gasteiger partial charge on any atom is 0.0804 e. The van der Waals surface area contributed by atoms with Crippen molar-refractivity contribution in [2.45, 2.75) is 37.7 Å². The number of rotatable bonds is 3. The number of methoxy groups -OCH3 is 1. The molecule has 1 saturated carbocycles. The van der Waals surface area contributed by atoms with Crippen LogP contribution in [0.2, 0.25) is 0 Å². The molecule has 0 aliphatic heterocycles. The molecule has 0 radical (unpaired) electrons. The van der Waals surface area contributed by atoms with E-state index in [9.17, 15) is 0 Å². The maximum absolute atomic E-state index is 5.65. The molecule has 2 nitrogen and oxygen atoms in total. The van der Waals surface area contributed by atoms with Crippen LogP contribution in [-0.2, 0) is 4.74 Å². The summed E-state index contributed by atoms with van der Waals surface area (Å²) in [5.41, 5.74) is 0.168. The summed E-state index contributed by atoms with van der Waals surface area (Å²) in [6.45, 7) is 1.07. The lowest BCUT2D eigenvalue weighted by molar-refractivity contribution is -0.0543.